The summed E-state index contributed by atoms with van der Waals surface area (Å²) in [6.45, 7) is 0. The van der Waals surface area contributed by atoms with Gasteiger partial charge >= 0.3 is 0 Å². The summed E-state index contributed by atoms with van der Waals surface area (Å²) in [6.07, 6.45) is 0. The summed E-state index contributed by atoms with van der Waals surface area (Å²) >= 11 is 0. The first-order valence-electron chi connectivity index (χ1n) is 12.0. The van der Waals surface area contributed by atoms with Crippen LogP contribution in [0.5, 0.6) is 0 Å². The molecule has 0 amide bonds. The SMILES string of the molecule is c1ccc(-c2ccccc2-c2ccc(Nc3ccc(-c4cccc5ccccc45)cc3)cc2)cc1. The molecule has 0 aliphatic rings. The van der Waals surface area contributed by atoms with Crippen molar-refractivity contribution in [2.75, 3.05) is 5.32 Å². The van der Waals surface area contributed by atoms with E-state index in [-0.39, 0.29) is 0 Å². The van der Waals surface area contributed by atoms with Crippen molar-refractivity contribution in [3.05, 3.63) is 146 Å². The third kappa shape index (κ3) is 4.32. The van der Waals surface area contributed by atoms with Crippen LogP contribution in [0.25, 0.3) is 44.2 Å². The molecule has 35 heavy (non-hydrogen) atoms. The second-order valence-electron chi connectivity index (χ2n) is 8.72. The lowest BCUT2D eigenvalue weighted by Gasteiger charge is -2.12. The Hall–Kier alpha value is -4.62. The second-order valence-corrected chi connectivity index (χ2v) is 8.72. The van der Waals surface area contributed by atoms with Crippen LogP contribution < -0.4 is 5.32 Å². The van der Waals surface area contributed by atoms with E-state index in [1.54, 1.807) is 0 Å². The average Bonchev–Trinajstić information content (AvgIpc) is 2.94. The van der Waals surface area contributed by atoms with E-state index in [2.05, 4.69) is 151 Å². The fraction of sp³-hybridized carbons (Fsp3) is 0. The lowest BCUT2D eigenvalue weighted by Crippen LogP contribution is -1.91. The Labute approximate surface area is 206 Å². The average molecular weight is 448 g/mol. The van der Waals surface area contributed by atoms with Crippen molar-refractivity contribution in [1.29, 1.82) is 0 Å². The van der Waals surface area contributed by atoms with Gasteiger partial charge in [-0.2, -0.15) is 0 Å². The van der Waals surface area contributed by atoms with Gasteiger partial charge in [-0.25, -0.2) is 0 Å². The quantitative estimate of drug-likeness (QED) is 0.277. The zero-order chi connectivity index (χ0) is 23.5. The predicted molar refractivity (Wildman–Crippen MR) is 150 cm³/mol. The number of fused-ring (bicyclic) bond motifs is 1. The van der Waals surface area contributed by atoms with Crippen molar-refractivity contribution in [3.63, 3.8) is 0 Å². The molecule has 6 aromatic carbocycles. The van der Waals surface area contributed by atoms with Gasteiger partial charge in [0.1, 0.15) is 0 Å². The van der Waals surface area contributed by atoms with Crippen molar-refractivity contribution in [2.24, 2.45) is 0 Å². The van der Waals surface area contributed by atoms with E-state index < -0.39 is 0 Å². The van der Waals surface area contributed by atoms with Crippen molar-refractivity contribution < 1.29 is 0 Å². The molecule has 0 fully saturated rings. The van der Waals surface area contributed by atoms with Crippen LogP contribution in [0.1, 0.15) is 0 Å². The van der Waals surface area contributed by atoms with E-state index in [1.165, 1.54) is 44.2 Å². The fourth-order valence-corrected chi connectivity index (χ4v) is 4.71. The normalized spacial score (nSPS) is 10.9. The minimum absolute atomic E-state index is 1.07. The van der Waals surface area contributed by atoms with Gasteiger partial charge in [-0.1, -0.05) is 121 Å². The van der Waals surface area contributed by atoms with Crippen molar-refractivity contribution in [3.8, 4) is 33.4 Å². The summed E-state index contributed by atoms with van der Waals surface area (Å²) in [6, 6.07) is 51.5. The van der Waals surface area contributed by atoms with E-state index in [0.717, 1.165) is 11.4 Å². The molecule has 0 heterocycles. The van der Waals surface area contributed by atoms with Crippen LogP contribution in [0.2, 0.25) is 0 Å². The first-order chi connectivity index (χ1) is 17.3. The zero-order valence-corrected chi connectivity index (χ0v) is 19.4. The Morgan fingerprint density at radius 3 is 1.43 bits per heavy atom. The first-order valence-corrected chi connectivity index (χ1v) is 12.0. The number of hydrogen-bond acceptors (Lipinski definition) is 1. The Morgan fingerprint density at radius 2 is 0.771 bits per heavy atom. The topological polar surface area (TPSA) is 12.0 Å². The standard InChI is InChI=1S/C34H25N/c1-2-9-25(10-3-1)31-14-6-7-15-33(31)27-17-21-29(22-18-27)35-30-23-19-28(20-24-30)34-16-8-12-26-11-4-5-13-32(26)34/h1-24,35H. The summed E-state index contributed by atoms with van der Waals surface area (Å²) in [5, 5.41) is 6.09. The molecule has 1 N–H and O–H groups in total. The Kier molecular flexibility index (Phi) is 5.58. The molecule has 0 aliphatic heterocycles. The Morgan fingerprint density at radius 1 is 0.314 bits per heavy atom. The highest BCUT2D eigenvalue weighted by Crippen LogP contribution is 2.33. The minimum Gasteiger partial charge on any atom is -0.356 e. The number of anilines is 2. The highest BCUT2D eigenvalue weighted by Gasteiger charge is 2.07. The van der Waals surface area contributed by atoms with Crippen molar-refractivity contribution in [2.45, 2.75) is 0 Å². The Bertz CT molecular complexity index is 1580. The van der Waals surface area contributed by atoms with Crippen molar-refractivity contribution >= 4 is 22.1 Å². The smallest absolute Gasteiger partial charge is 0.0384 e. The van der Waals surface area contributed by atoms with Crippen LogP contribution in [0, 0.1) is 0 Å². The zero-order valence-electron chi connectivity index (χ0n) is 19.4. The third-order valence-corrected chi connectivity index (χ3v) is 6.48. The van der Waals surface area contributed by atoms with Crippen LogP contribution in [-0.2, 0) is 0 Å². The van der Waals surface area contributed by atoms with E-state index in [4.69, 9.17) is 0 Å². The van der Waals surface area contributed by atoms with Crippen LogP contribution in [0.15, 0.2) is 146 Å². The van der Waals surface area contributed by atoms with E-state index >= 15 is 0 Å². The van der Waals surface area contributed by atoms with Gasteiger partial charge in [0.05, 0.1) is 0 Å². The predicted octanol–water partition coefficient (Wildman–Crippen LogP) is 9.58. The lowest BCUT2D eigenvalue weighted by atomic mass is 9.94. The molecule has 1 heteroatoms. The summed E-state index contributed by atoms with van der Waals surface area (Å²) in [7, 11) is 0. The van der Waals surface area contributed by atoms with E-state index in [1.807, 2.05) is 0 Å². The second kappa shape index (κ2) is 9.32. The van der Waals surface area contributed by atoms with E-state index in [0.29, 0.717) is 0 Å². The molecule has 0 unspecified atom stereocenters. The summed E-state index contributed by atoms with van der Waals surface area (Å²) in [5.74, 6) is 0. The highest BCUT2D eigenvalue weighted by molar-refractivity contribution is 5.96. The molecule has 0 saturated carbocycles. The van der Waals surface area contributed by atoms with E-state index in [9.17, 15) is 0 Å². The molecule has 0 aliphatic carbocycles. The number of rotatable bonds is 5. The molecule has 0 bridgehead atoms. The molecule has 0 spiro atoms. The number of hydrogen-bond donors (Lipinski definition) is 1. The van der Waals surface area contributed by atoms with Gasteiger partial charge in [-0.15, -0.1) is 0 Å². The number of nitrogens with one attached hydrogen (secondary N) is 1. The molecule has 0 radical (unpaired) electrons. The van der Waals surface area contributed by atoms with Crippen LogP contribution in [0.3, 0.4) is 0 Å². The molecule has 0 saturated heterocycles. The molecular weight excluding hydrogens is 422 g/mol. The summed E-state index contributed by atoms with van der Waals surface area (Å²) in [4.78, 5) is 0. The van der Waals surface area contributed by atoms with Crippen molar-refractivity contribution in [1.82, 2.24) is 0 Å². The highest BCUT2D eigenvalue weighted by atomic mass is 14.9. The molecular formula is C34H25N. The fourth-order valence-electron chi connectivity index (χ4n) is 4.71. The van der Waals surface area contributed by atoms with Crippen LogP contribution in [0.4, 0.5) is 11.4 Å². The van der Waals surface area contributed by atoms with Gasteiger partial charge in [-0.05, 0) is 68.4 Å². The maximum Gasteiger partial charge on any atom is 0.0384 e. The third-order valence-electron chi connectivity index (χ3n) is 6.48. The molecule has 1 nitrogen and oxygen atoms in total. The first kappa shape index (κ1) is 20.9. The maximum atomic E-state index is 3.54. The lowest BCUT2D eigenvalue weighted by molar-refractivity contribution is 1.53. The number of benzene rings is 6. The monoisotopic (exact) mass is 447 g/mol. The molecule has 0 atom stereocenters. The van der Waals surface area contributed by atoms with Gasteiger partial charge < -0.3 is 5.32 Å². The van der Waals surface area contributed by atoms with Gasteiger partial charge in [-0.3, -0.25) is 0 Å². The van der Waals surface area contributed by atoms with Gasteiger partial charge in [0.15, 0.2) is 0 Å². The van der Waals surface area contributed by atoms with Crippen LogP contribution >= 0.6 is 0 Å². The van der Waals surface area contributed by atoms with Gasteiger partial charge in [0.2, 0.25) is 0 Å². The summed E-state index contributed by atoms with van der Waals surface area (Å²) < 4.78 is 0. The largest absolute Gasteiger partial charge is 0.356 e. The molecule has 6 rings (SSSR count). The van der Waals surface area contributed by atoms with Gasteiger partial charge in [0.25, 0.3) is 0 Å². The van der Waals surface area contributed by atoms with Crippen LogP contribution in [-0.4, -0.2) is 0 Å². The summed E-state index contributed by atoms with van der Waals surface area (Å²) in [5.41, 5.74) is 9.56. The Balaban J connectivity index is 1.23. The molecule has 166 valence electrons. The molecule has 6 aromatic rings. The molecule has 0 aromatic heterocycles. The minimum atomic E-state index is 1.07. The maximum absolute atomic E-state index is 3.54. The van der Waals surface area contributed by atoms with Gasteiger partial charge in [0, 0.05) is 11.4 Å².